The largest absolute Gasteiger partial charge is 0.497 e. The summed E-state index contributed by atoms with van der Waals surface area (Å²) in [5.74, 6) is 2.45. The summed E-state index contributed by atoms with van der Waals surface area (Å²) in [6, 6.07) is 24.1. The summed E-state index contributed by atoms with van der Waals surface area (Å²) in [5.41, 5.74) is 5.84. The molecule has 0 aliphatic carbocycles. The third-order valence-electron chi connectivity index (χ3n) is 5.33. The van der Waals surface area contributed by atoms with Gasteiger partial charge in [0.1, 0.15) is 11.5 Å². The van der Waals surface area contributed by atoms with E-state index in [2.05, 4.69) is 40.4 Å². The Morgan fingerprint density at radius 1 is 0.800 bits per heavy atom. The number of ether oxygens (including phenoxy) is 2. The lowest BCUT2D eigenvalue weighted by molar-refractivity contribution is 0.414. The van der Waals surface area contributed by atoms with Crippen molar-refractivity contribution in [2.24, 2.45) is 0 Å². The van der Waals surface area contributed by atoms with E-state index in [0.717, 1.165) is 51.0 Å². The van der Waals surface area contributed by atoms with Crippen LogP contribution < -0.4 is 14.4 Å². The predicted octanol–water partition coefficient (Wildman–Crippen LogP) is 5.50. The topological polar surface area (TPSA) is 39.5 Å². The summed E-state index contributed by atoms with van der Waals surface area (Å²) in [6.07, 6.45) is 2.12. The number of imidazole rings is 1. The second-order valence-electron chi connectivity index (χ2n) is 7.02. The van der Waals surface area contributed by atoms with Gasteiger partial charge in [-0.1, -0.05) is 18.7 Å². The molecule has 4 aromatic rings. The molecule has 1 aromatic heterocycles. The lowest BCUT2D eigenvalue weighted by atomic mass is 10.1. The number of methoxy groups -OCH3 is 2. The fourth-order valence-corrected chi connectivity index (χ4v) is 3.80. The van der Waals surface area contributed by atoms with Crippen LogP contribution in [-0.2, 0) is 0 Å². The molecule has 0 fully saturated rings. The maximum absolute atomic E-state index is 5.34. The Balaban J connectivity index is 1.72. The molecule has 1 aliphatic rings. The van der Waals surface area contributed by atoms with Crippen LogP contribution >= 0.6 is 0 Å². The van der Waals surface area contributed by atoms with E-state index in [4.69, 9.17) is 14.5 Å². The minimum Gasteiger partial charge on any atom is -0.497 e. The molecule has 0 amide bonds. The van der Waals surface area contributed by atoms with E-state index in [9.17, 15) is 0 Å². The van der Waals surface area contributed by atoms with Gasteiger partial charge in [-0.3, -0.25) is 4.57 Å². The second-order valence-corrected chi connectivity index (χ2v) is 7.02. The van der Waals surface area contributed by atoms with Crippen molar-refractivity contribution in [1.82, 2.24) is 9.55 Å². The molecule has 0 spiro atoms. The quantitative estimate of drug-likeness (QED) is 0.457. The lowest BCUT2D eigenvalue weighted by Gasteiger charge is -2.33. The number of fused-ring (bicyclic) bond motifs is 3. The monoisotopic (exact) mass is 395 g/mol. The molecule has 0 N–H and O–H groups in total. The van der Waals surface area contributed by atoms with Crippen molar-refractivity contribution in [3.05, 3.63) is 90.8 Å². The number of hydrogen-bond acceptors (Lipinski definition) is 4. The molecule has 3 aromatic carbocycles. The summed E-state index contributed by atoms with van der Waals surface area (Å²) in [5, 5.41) is 0. The molecule has 0 radical (unpaired) electrons. The highest BCUT2D eigenvalue weighted by Gasteiger charge is 2.27. The zero-order chi connectivity index (χ0) is 20.7. The highest BCUT2D eigenvalue weighted by molar-refractivity contribution is 6.03. The van der Waals surface area contributed by atoms with E-state index >= 15 is 0 Å². The molecule has 0 atom stereocenters. The Kier molecular flexibility index (Phi) is 4.29. The molecule has 2 heterocycles. The van der Waals surface area contributed by atoms with E-state index < -0.39 is 0 Å². The number of aromatic nitrogens is 2. The molecular weight excluding hydrogens is 374 g/mol. The van der Waals surface area contributed by atoms with Gasteiger partial charge in [0.2, 0.25) is 0 Å². The first-order valence-electron chi connectivity index (χ1n) is 9.66. The standard InChI is InChI=1S/C25H21N3O2/c1-17-25-26-22-6-4-5-7-23(22)27(25)16-24(18-8-12-20(29-2)13-9-18)28(17)19-10-14-21(30-3)15-11-19/h4-16H,1H2,2-3H3. The van der Waals surface area contributed by atoms with Crippen LogP contribution in [0.2, 0.25) is 0 Å². The first-order chi connectivity index (χ1) is 14.7. The van der Waals surface area contributed by atoms with Crippen LogP contribution in [0.4, 0.5) is 5.69 Å². The molecule has 5 rings (SSSR count). The van der Waals surface area contributed by atoms with Crippen LogP contribution in [0.3, 0.4) is 0 Å². The summed E-state index contributed by atoms with van der Waals surface area (Å²) < 4.78 is 12.8. The molecule has 5 heteroatoms. The van der Waals surface area contributed by atoms with Crippen LogP contribution in [0.15, 0.2) is 79.4 Å². The molecule has 5 nitrogen and oxygen atoms in total. The van der Waals surface area contributed by atoms with Gasteiger partial charge >= 0.3 is 0 Å². The molecule has 148 valence electrons. The van der Waals surface area contributed by atoms with Gasteiger partial charge in [-0.15, -0.1) is 0 Å². The Labute approximate surface area is 175 Å². The van der Waals surface area contributed by atoms with Crippen LogP contribution in [-0.4, -0.2) is 23.8 Å². The predicted molar refractivity (Wildman–Crippen MR) is 121 cm³/mol. The molecule has 0 bridgehead atoms. The molecule has 1 aliphatic heterocycles. The maximum Gasteiger partial charge on any atom is 0.161 e. The van der Waals surface area contributed by atoms with Crippen LogP contribution in [0.25, 0.3) is 28.6 Å². The first kappa shape index (κ1) is 18.1. The molecule has 0 unspecified atom stereocenters. The Morgan fingerprint density at radius 2 is 1.43 bits per heavy atom. The summed E-state index contributed by atoms with van der Waals surface area (Å²) >= 11 is 0. The number of para-hydroxylation sites is 2. The number of benzene rings is 3. The Bertz CT molecular complexity index is 1270. The Morgan fingerprint density at radius 3 is 2.10 bits per heavy atom. The number of hydrogen-bond donors (Lipinski definition) is 0. The zero-order valence-corrected chi connectivity index (χ0v) is 16.9. The fraction of sp³-hybridized carbons (Fsp3) is 0.0800. The van der Waals surface area contributed by atoms with Gasteiger partial charge < -0.3 is 14.4 Å². The van der Waals surface area contributed by atoms with Gasteiger partial charge in [0.15, 0.2) is 5.82 Å². The minimum atomic E-state index is 0.809. The van der Waals surface area contributed by atoms with Crippen molar-refractivity contribution < 1.29 is 9.47 Å². The van der Waals surface area contributed by atoms with Crippen LogP contribution in [0.1, 0.15) is 11.4 Å². The van der Waals surface area contributed by atoms with Gasteiger partial charge in [0.25, 0.3) is 0 Å². The Hall–Kier alpha value is -3.99. The van der Waals surface area contributed by atoms with Crippen molar-refractivity contribution >= 4 is 34.3 Å². The highest BCUT2D eigenvalue weighted by Crippen LogP contribution is 2.40. The van der Waals surface area contributed by atoms with Gasteiger partial charge in [-0.2, -0.15) is 0 Å². The number of anilines is 1. The second kappa shape index (κ2) is 7.12. The van der Waals surface area contributed by atoms with E-state index in [1.807, 2.05) is 54.6 Å². The van der Waals surface area contributed by atoms with Crippen molar-refractivity contribution in [3.63, 3.8) is 0 Å². The SMILES string of the molecule is C=C1c2nc3ccccc3n2C=C(c2ccc(OC)cc2)N1c1ccc(OC)cc1. The number of rotatable bonds is 4. The maximum atomic E-state index is 5.34. The third-order valence-corrected chi connectivity index (χ3v) is 5.33. The average Bonchev–Trinajstić information content (AvgIpc) is 3.18. The van der Waals surface area contributed by atoms with Gasteiger partial charge in [-0.25, -0.2) is 4.98 Å². The van der Waals surface area contributed by atoms with E-state index in [-0.39, 0.29) is 0 Å². The van der Waals surface area contributed by atoms with Crippen molar-refractivity contribution in [2.75, 3.05) is 19.1 Å². The summed E-state index contributed by atoms with van der Waals surface area (Å²) in [4.78, 5) is 6.96. The normalized spacial score (nSPS) is 13.2. The van der Waals surface area contributed by atoms with E-state index in [1.54, 1.807) is 14.2 Å². The zero-order valence-electron chi connectivity index (χ0n) is 16.9. The van der Waals surface area contributed by atoms with Crippen molar-refractivity contribution in [1.29, 1.82) is 0 Å². The smallest absolute Gasteiger partial charge is 0.161 e. The lowest BCUT2D eigenvalue weighted by Crippen LogP contribution is -2.25. The van der Waals surface area contributed by atoms with Crippen LogP contribution in [0.5, 0.6) is 11.5 Å². The molecule has 0 saturated heterocycles. The fourth-order valence-electron chi connectivity index (χ4n) is 3.80. The third kappa shape index (κ3) is 2.83. The van der Waals surface area contributed by atoms with E-state index in [1.165, 1.54) is 0 Å². The molecule has 30 heavy (non-hydrogen) atoms. The highest BCUT2D eigenvalue weighted by atomic mass is 16.5. The molecule has 0 saturated carbocycles. The average molecular weight is 395 g/mol. The van der Waals surface area contributed by atoms with E-state index in [0.29, 0.717) is 0 Å². The van der Waals surface area contributed by atoms with Gasteiger partial charge in [0.05, 0.1) is 36.6 Å². The number of nitrogens with zero attached hydrogens (tertiary/aromatic N) is 3. The minimum absolute atomic E-state index is 0.809. The van der Waals surface area contributed by atoms with Gasteiger partial charge in [0, 0.05) is 17.5 Å². The first-order valence-corrected chi connectivity index (χ1v) is 9.66. The van der Waals surface area contributed by atoms with Gasteiger partial charge in [-0.05, 0) is 60.7 Å². The van der Waals surface area contributed by atoms with Crippen LogP contribution in [0, 0.1) is 0 Å². The van der Waals surface area contributed by atoms with Crippen molar-refractivity contribution in [2.45, 2.75) is 0 Å². The summed E-state index contributed by atoms with van der Waals surface area (Å²) in [6.45, 7) is 4.41. The van der Waals surface area contributed by atoms with Crippen molar-refractivity contribution in [3.8, 4) is 11.5 Å². The summed E-state index contributed by atoms with van der Waals surface area (Å²) in [7, 11) is 3.34. The molecular formula is C25H21N3O2.